The van der Waals surface area contributed by atoms with Crippen LogP contribution in [0.1, 0.15) is 11.3 Å². The van der Waals surface area contributed by atoms with E-state index in [9.17, 15) is 0 Å². The molecule has 0 saturated heterocycles. The molecule has 1 aromatic carbocycles. The third-order valence-corrected chi connectivity index (χ3v) is 2.39. The van der Waals surface area contributed by atoms with Gasteiger partial charge < -0.3 is 0 Å². The molecule has 2 aromatic rings. The molecule has 0 aliphatic heterocycles. The minimum Gasteiger partial charge on any atom is -0.282 e. The van der Waals surface area contributed by atoms with Gasteiger partial charge in [-0.3, -0.25) is 5.10 Å². The number of nitrogens with zero attached hydrogens (tertiary/aromatic N) is 1. The highest BCUT2D eigenvalue weighted by molar-refractivity contribution is 9.10. The van der Waals surface area contributed by atoms with Crippen molar-refractivity contribution in [1.29, 1.82) is 0 Å². The van der Waals surface area contributed by atoms with Crippen LogP contribution in [0.25, 0.3) is 0 Å². The fraction of sp³-hybridized carbons (Fsp3) is 0.100. The van der Waals surface area contributed by atoms with E-state index in [0.29, 0.717) is 0 Å². The predicted molar refractivity (Wildman–Crippen MR) is 55.5 cm³/mol. The molecule has 0 amide bonds. The molecule has 13 heavy (non-hydrogen) atoms. The number of rotatable bonds is 2. The largest absolute Gasteiger partial charge is 0.282 e. The molecule has 0 spiro atoms. The van der Waals surface area contributed by atoms with Crippen LogP contribution >= 0.6 is 15.9 Å². The van der Waals surface area contributed by atoms with E-state index >= 15 is 0 Å². The van der Waals surface area contributed by atoms with Gasteiger partial charge in [0.25, 0.3) is 0 Å². The highest BCUT2D eigenvalue weighted by Gasteiger charge is 1.96. The van der Waals surface area contributed by atoms with Crippen LogP contribution in [0.15, 0.2) is 41.0 Å². The SMILES string of the molecule is Brc1ccc(Cc2ccn[nH]2)cc1. The third kappa shape index (κ3) is 2.18. The number of benzene rings is 1. The van der Waals surface area contributed by atoms with Crippen molar-refractivity contribution >= 4 is 15.9 Å². The zero-order chi connectivity index (χ0) is 9.10. The average Bonchev–Trinajstić information content (AvgIpc) is 2.62. The number of hydrogen-bond donors (Lipinski definition) is 1. The second kappa shape index (κ2) is 3.75. The van der Waals surface area contributed by atoms with E-state index in [-0.39, 0.29) is 0 Å². The highest BCUT2D eigenvalue weighted by Crippen LogP contribution is 2.12. The summed E-state index contributed by atoms with van der Waals surface area (Å²) < 4.78 is 1.11. The summed E-state index contributed by atoms with van der Waals surface area (Å²) in [6, 6.07) is 10.3. The maximum atomic E-state index is 3.90. The molecule has 0 saturated carbocycles. The summed E-state index contributed by atoms with van der Waals surface area (Å²) >= 11 is 3.40. The van der Waals surface area contributed by atoms with Gasteiger partial charge in [-0.15, -0.1) is 0 Å². The molecule has 0 fully saturated rings. The molecule has 0 radical (unpaired) electrons. The van der Waals surface area contributed by atoms with E-state index in [1.54, 1.807) is 6.20 Å². The molecule has 66 valence electrons. The molecular formula is C10H9BrN2. The summed E-state index contributed by atoms with van der Waals surface area (Å²) in [5.74, 6) is 0. The normalized spacial score (nSPS) is 10.2. The second-order valence-corrected chi connectivity index (χ2v) is 3.80. The lowest BCUT2D eigenvalue weighted by molar-refractivity contribution is 0.996. The van der Waals surface area contributed by atoms with Crippen molar-refractivity contribution in [2.24, 2.45) is 0 Å². The number of aromatic amines is 1. The Labute approximate surface area is 85.1 Å². The van der Waals surface area contributed by atoms with E-state index < -0.39 is 0 Å². The Morgan fingerprint density at radius 3 is 2.54 bits per heavy atom. The first-order valence-corrected chi connectivity index (χ1v) is 4.86. The molecule has 2 nitrogen and oxygen atoms in total. The van der Waals surface area contributed by atoms with Crippen molar-refractivity contribution < 1.29 is 0 Å². The lowest BCUT2D eigenvalue weighted by Crippen LogP contribution is -1.87. The molecule has 0 aliphatic rings. The van der Waals surface area contributed by atoms with Crippen molar-refractivity contribution in [3.05, 3.63) is 52.3 Å². The molecule has 0 bridgehead atoms. The summed E-state index contributed by atoms with van der Waals surface area (Å²) in [6.45, 7) is 0. The summed E-state index contributed by atoms with van der Waals surface area (Å²) in [5, 5.41) is 6.84. The first kappa shape index (κ1) is 8.51. The molecule has 1 heterocycles. The van der Waals surface area contributed by atoms with Crippen molar-refractivity contribution in [2.75, 3.05) is 0 Å². The first-order valence-electron chi connectivity index (χ1n) is 4.07. The maximum absolute atomic E-state index is 3.90. The molecule has 2 rings (SSSR count). The van der Waals surface area contributed by atoms with Crippen LogP contribution in [0.4, 0.5) is 0 Å². The smallest absolute Gasteiger partial charge is 0.0490 e. The maximum Gasteiger partial charge on any atom is 0.0490 e. The van der Waals surface area contributed by atoms with Crippen molar-refractivity contribution in [1.82, 2.24) is 10.2 Å². The Bertz CT molecular complexity index is 364. The number of H-pyrrole nitrogens is 1. The monoisotopic (exact) mass is 236 g/mol. The van der Waals surface area contributed by atoms with Crippen LogP contribution in [0.2, 0.25) is 0 Å². The standard InChI is InChI=1S/C10H9BrN2/c11-9-3-1-8(2-4-9)7-10-5-6-12-13-10/h1-6H,7H2,(H,12,13). The minimum absolute atomic E-state index is 0.910. The molecule has 3 heteroatoms. The Hall–Kier alpha value is -1.09. The van der Waals surface area contributed by atoms with Gasteiger partial charge in [0, 0.05) is 22.8 Å². The van der Waals surface area contributed by atoms with Gasteiger partial charge in [-0.05, 0) is 23.8 Å². The second-order valence-electron chi connectivity index (χ2n) is 2.89. The molecular weight excluding hydrogens is 228 g/mol. The van der Waals surface area contributed by atoms with Crippen LogP contribution in [-0.4, -0.2) is 10.2 Å². The molecule has 0 atom stereocenters. The van der Waals surface area contributed by atoms with Crippen molar-refractivity contribution in [3.63, 3.8) is 0 Å². The highest BCUT2D eigenvalue weighted by atomic mass is 79.9. The van der Waals surface area contributed by atoms with Crippen LogP contribution in [0, 0.1) is 0 Å². The lowest BCUT2D eigenvalue weighted by atomic mass is 10.1. The minimum atomic E-state index is 0.910. The van der Waals surface area contributed by atoms with E-state index in [2.05, 4.69) is 38.3 Å². The zero-order valence-electron chi connectivity index (χ0n) is 7.00. The number of hydrogen-bond acceptors (Lipinski definition) is 1. The number of halogens is 1. The quantitative estimate of drug-likeness (QED) is 0.854. The predicted octanol–water partition coefficient (Wildman–Crippen LogP) is 2.76. The van der Waals surface area contributed by atoms with Gasteiger partial charge in [-0.1, -0.05) is 28.1 Å². The van der Waals surface area contributed by atoms with Gasteiger partial charge in [0.15, 0.2) is 0 Å². The fourth-order valence-corrected chi connectivity index (χ4v) is 1.47. The van der Waals surface area contributed by atoms with E-state index in [0.717, 1.165) is 16.6 Å². The molecule has 0 aliphatic carbocycles. The summed E-state index contributed by atoms with van der Waals surface area (Å²) in [4.78, 5) is 0. The van der Waals surface area contributed by atoms with Crippen LogP contribution in [0.5, 0.6) is 0 Å². The Morgan fingerprint density at radius 1 is 1.15 bits per heavy atom. The van der Waals surface area contributed by atoms with E-state index in [4.69, 9.17) is 0 Å². The average molecular weight is 237 g/mol. The van der Waals surface area contributed by atoms with Gasteiger partial charge in [0.1, 0.15) is 0 Å². The molecule has 1 aromatic heterocycles. The van der Waals surface area contributed by atoms with Gasteiger partial charge in [-0.2, -0.15) is 5.10 Å². The molecule has 1 N–H and O–H groups in total. The Morgan fingerprint density at radius 2 is 1.92 bits per heavy atom. The van der Waals surface area contributed by atoms with Crippen molar-refractivity contribution in [2.45, 2.75) is 6.42 Å². The van der Waals surface area contributed by atoms with Gasteiger partial charge in [0.05, 0.1) is 0 Å². The van der Waals surface area contributed by atoms with Gasteiger partial charge in [0.2, 0.25) is 0 Å². The fourth-order valence-electron chi connectivity index (χ4n) is 1.21. The van der Waals surface area contributed by atoms with E-state index in [1.165, 1.54) is 5.56 Å². The van der Waals surface area contributed by atoms with Crippen LogP contribution in [0.3, 0.4) is 0 Å². The topological polar surface area (TPSA) is 28.7 Å². The van der Waals surface area contributed by atoms with Crippen molar-refractivity contribution in [3.8, 4) is 0 Å². The summed E-state index contributed by atoms with van der Waals surface area (Å²) in [7, 11) is 0. The zero-order valence-corrected chi connectivity index (χ0v) is 8.58. The van der Waals surface area contributed by atoms with Crippen LogP contribution in [-0.2, 0) is 6.42 Å². The third-order valence-electron chi connectivity index (χ3n) is 1.87. The van der Waals surface area contributed by atoms with Crippen LogP contribution < -0.4 is 0 Å². The number of nitrogens with one attached hydrogen (secondary N) is 1. The number of aromatic nitrogens is 2. The Balaban J connectivity index is 2.15. The lowest BCUT2D eigenvalue weighted by Gasteiger charge is -1.98. The summed E-state index contributed by atoms with van der Waals surface area (Å²) in [5.41, 5.74) is 2.43. The van der Waals surface area contributed by atoms with E-state index in [1.807, 2.05) is 18.2 Å². The Kier molecular flexibility index (Phi) is 2.45. The summed E-state index contributed by atoms with van der Waals surface area (Å²) in [6.07, 6.45) is 2.68. The first-order chi connectivity index (χ1) is 6.34. The van der Waals surface area contributed by atoms with Gasteiger partial charge >= 0.3 is 0 Å². The molecule has 0 unspecified atom stereocenters. The van der Waals surface area contributed by atoms with Gasteiger partial charge in [-0.25, -0.2) is 0 Å².